The summed E-state index contributed by atoms with van der Waals surface area (Å²) in [5, 5.41) is 2.93. The maximum absolute atomic E-state index is 13.9. The molecule has 0 aliphatic carbocycles. The van der Waals surface area contributed by atoms with E-state index in [1.54, 1.807) is 49.4 Å². The standard InChI is InChI=1S/C29H34BrN3O4S/c1-21-11-9-10-12-23(21)19-32(22(2)28(35)31-29(3,4)5)27(34)20-33(25-17-15-24(30)16-18-25)38(36,37)26-13-7-6-8-14-26/h6-18,22H,19-20H2,1-5H3,(H,31,35)/t22-/m1/s1. The van der Waals surface area contributed by atoms with Crippen LogP contribution in [0.15, 0.2) is 88.2 Å². The fraction of sp³-hybridized carbons (Fsp3) is 0.310. The summed E-state index contributed by atoms with van der Waals surface area (Å²) < 4.78 is 29.4. The van der Waals surface area contributed by atoms with E-state index in [2.05, 4.69) is 21.2 Å². The van der Waals surface area contributed by atoms with Gasteiger partial charge in [0.2, 0.25) is 11.8 Å². The van der Waals surface area contributed by atoms with Crippen molar-refractivity contribution in [3.05, 3.63) is 94.5 Å². The van der Waals surface area contributed by atoms with Gasteiger partial charge in [-0.05, 0) is 82.1 Å². The van der Waals surface area contributed by atoms with Crippen molar-refractivity contribution in [2.24, 2.45) is 0 Å². The molecule has 0 fully saturated rings. The lowest BCUT2D eigenvalue weighted by Crippen LogP contribution is -2.54. The van der Waals surface area contributed by atoms with Crippen molar-refractivity contribution in [3.63, 3.8) is 0 Å². The predicted molar refractivity (Wildman–Crippen MR) is 154 cm³/mol. The Hall–Kier alpha value is -3.17. The van der Waals surface area contributed by atoms with E-state index in [0.717, 1.165) is 19.9 Å². The Morgan fingerprint density at radius 2 is 1.50 bits per heavy atom. The smallest absolute Gasteiger partial charge is 0.264 e. The molecule has 38 heavy (non-hydrogen) atoms. The molecule has 0 aliphatic heterocycles. The number of benzene rings is 3. The Bertz CT molecular complexity index is 1370. The van der Waals surface area contributed by atoms with Crippen LogP contribution in [0.3, 0.4) is 0 Å². The lowest BCUT2D eigenvalue weighted by Gasteiger charge is -2.33. The van der Waals surface area contributed by atoms with Crippen molar-refractivity contribution < 1.29 is 18.0 Å². The summed E-state index contributed by atoms with van der Waals surface area (Å²) in [7, 11) is -4.08. The van der Waals surface area contributed by atoms with E-state index in [9.17, 15) is 18.0 Å². The van der Waals surface area contributed by atoms with Crippen LogP contribution in [0.25, 0.3) is 0 Å². The van der Waals surface area contributed by atoms with Crippen LogP contribution in [0.4, 0.5) is 5.69 Å². The molecule has 2 amide bonds. The van der Waals surface area contributed by atoms with Gasteiger partial charge in [0, 0.05) is 16.6 Å². The van der Waals surface area contributed by atoms with Crippen molar-refractivity contribution in [3.8, 4) is 0 Å². The normalized spacial score (nSPS) is 12.5. The van der Waals surface area contributed by atoms with Crippen LogP contribution in [0.1, 0.15) is 38.8 Å². The molecule has 9 heteroatoms. The van der Waals surface area contributed by atoms with Gasteiger partial charge in [-0.2, -0.15) is 0 Å². The molecular weight excluding hydrogens is 566 g/mol. The number of nitrogens with one attached hydrogen (secondary N) is 1. The van der Waals surface area contributed by atoms with Crippen LogP contribution in [0.5, 0.6) is 0 Å². The van der Waals surface area contributed by atoms with Gasteiger partial charge in [-0.25, -0.2) is 8.42 Å². The zero-order valence-electron chi connectivity index (χ0n) is 22.3. The Kier molecular flexibility index (Phi) is 9.38. The number of carbonyl (C=O) groups is 2. The zero-order chi connectivity index (χ0) is 28.1. The van der Waals surface area contributed by atoms with Gasteiger partial charge in [0.05, 0.1) is 10.6 Å². The lowest BCUT2D eigenvalue weighted by atomic mass is 10.1. The number of aryl methyl sites for hydroxylation is 1. The largest absolute Gasteiger partial charge is 0.350 e. The first-order valence-electron chi connectivity index (χ1n) is 12.3. The van der Waals surface area contributed by atoms with Crippen molar-refractivity contribution >= 4 is 43.5 Å². The summed E-state index contributed by atoms with van der Waals surface area (Å²) in [6, 6.07) is 21.5. The lowest BCUT2D eigenvalue weighted by molar-refractivity contribution is -0.140. The predicted octanol–water partition coefficient (Wildman–Crippen LogP) is 5.28. The van der Waals surface area contributed by atoms with Gasteiger partial charge >= 0.3 is 0 Å². The number of amides is 2. The number of hydrogen-bond donors (Lipinski definition) is 1. The van der Waals surface area contributed by atoms with E-state index in [-0.39, 0.29) is 17.3 Å². The minimum atomic E-state index is -4.08. The highest BCUT2D eigenvalue weighted by atomic mass is 79.9. The molecule has 0 unspecified atom stereocenters. The van der Waals surface area contributed by atoms with Crippen molar-refractivity contribution in [1.82, 2.24) is 10.2 Å². The minimum absolute atomic E-state index is 0.0692. The first-order valence-corrected chi connectivity index (χ1v) is 14.5. The first-order chi connectivity index (χ1) is 17.8. The van der Waals surface area contributed by atoms with E-state index < -0.39 is 34.1 Å². The fourth-order valence-electron chi connectivity index (χ4n) is 3.88. The van der Waals surface area contributed by atoms with Gasteiger partial charge in [0.25, 0.3) is 10.0 Å². The van der Waals surface area contributed by atoms with Crippen LogP contribution < -0.4 is 9.62 Å². The van der Waals surface area contributed by atoms with Crippen LogP contribution in [-0.2, 0) is 26.2 Å². The summed E-state index contributed by atoms with van der Waals surface area (Å²) >= 11 is 3.38. The molecule has 0 heterocycles. The quantitative estimate of drug-likeness (QED) is 0.362. The molecule has 0 spiro atoms. The Morgan fingerprint density at radius 3 is 2.08 bits per heavy atom. The van der Waals surface area contributed by atoms with Crippen molar-refractivity contribution in [2.75, 3.05) is 10.8 Å². The van der Waals surface area contributed by atoms with Crippen LogP contribution in [0, 0.1) is 6.92 Å². The summed E-state index contributed by atoms with van der Waals surface area (Å²) in [5.41, 5.74) is 1.68. The molecule has 0 aliphatic rings. The van der Waals surface area contributed by atoms with Crippen molar-refractivity contribution in [2.45, 2.75) is 57.6 Å². The minimum Gasteiger partial charge on any atom is -0.350 e. The second-order valence-corrected chi connectivity index (χ2v) is 12.9. The molecule has 202 valence electrons. The Morgan fingerprint density at radius 1 is 0.921 bits per heavy atom. The molecule has 1 N–H and O–H groups in total. The topological polar surface area (TPSA) is 86.8 Å². The summed E-state index contributed by atoms with van der Waals surface area (Å²) in [5.74, 6) is -0.812. The van der Waals surface area contributed by atoms with Gasteiger partial charge in [-0.15, -0.1) is 0 Å². The van der Waals surface area contributed by atoms with E-state index in [4.69, 9.17) is 0 Å². The first kappa shape index (κ1) is 29.4. The maximum atomic E-state index is 13.9. The van der Waals surface area contributed by atoms with Gasteiger partial charge in [-0.1, -0.05) is 58.4 Å². The molecule has 3 rings (SSSR count). The van der Waals surface area contributed by atoms with Gasteiger partial charge in [0.1, 0.15) is 12.6 Å². The van der Waals surface area contributed by atoms with Gasteiger partial charge in [-0.3, -0.25) is 13.9 Å². The van der Waals surface area contributed by atoms with E-state index >= 15 is 0 Å². The number of carbonyl (C=O) groups excluding carboxylic acids is 2. The van der Waals surface area contributed by atoms with E-state index in [1.807, 2.05) is 52.0 Å². The number of nitrogens with zero attached hydrogens (tertiary/aromatic N) is 2. The third-order valence-electron chi connectivity index (χ3n) is 5.99. The molecule has 7 nitrogen and oxygen atoms in total. The van der Waals surface area contributed by atoms with Gasteiger partial charge < -0.3 is 10.2 Å². The monoisotopic (exact) mass is 599 g/mol. The molecule has 0 saturated heterocycles. The molecule has 0 bridgehead atoms. The summed E-state index contributed by atoms with van der Waals surface area (Å²) in [6.45, 7) is 8.88. The van der Waals surface area contributed by atoms with Crippen LogP contribution in [0.2, 0.25) is 0 Å². The van der Waals surface area contributed by atoms with Gasteiger partial charge in [0.15, 0.2) is 0 Å². The highest BCUT2D eigenvalue weighted by molar-refractivity contribution is 9.10. The van der Waals surface area contributed by atoms with E-state index in [1.165, 1.54) is 17.0 Å². The molecule has 1 atom stereocenters. The molecule has 0 radical (unpaired) electrons. The molecule has 3 aromatic carbocycles. The summed E-state index contributed by atoms with van der Waals surface area (Å²) in [6.07, 6.45) is 0. The third kappa shape index (κ3) is 7.45. The number of sulfonamides is 1. The number of anilines is 1. The molecule has 0 saturated carbocycles. The maximum Gasteiger partial charge on any atom is 0.264 e. The Labute approximate surface area is 234 Å². The zero-order valence-corrected chi connectivity index (χ0v) is 24.7. The highest BCUT2D eigenvalue weighted by Gasteiger charge is 2.33. The van der Waals surface area contributed by atoms with Crippen LogP contribution >= 0.6 is 15.9 Å². The second-order valence-electron chi connectivity index (χ2n) is 10.2. The third-order valence-corrected chi connectivity index (χ3v) is 8.31. The van der Waals surface area contributed by atoms with Crippen molar-refractivity contribution in [1.29, 1.82) is 0 Å². The summed E-state index contributed by atoms with van der Waals surface area (Å²) in [4.78, 5) is 28.6. The number of halogens is 1. The Balaban J connectivity index is 2.03. The average molecular weight is 601 g/mol. The number of hydrogen-bond acceptors (Lipinski definition) is 4. The average Bonchev–Trinajstić information content (AvgIpc) is 2.86. The molecule has 3 aromatic rings. The fourth-order valence-corrected chi connectivity index (χ4v) is 5.58. The second kappa shape index (κ2) is 12.1. The highest BCUT2D eigenvalue weighted by Crippen LogP contribution is 2.26. The van der Waals surface area contributed by atoms with E-state index in [0.29, 0.717) is 5.69 Å². The molecular formula is C29H34BrN3O4S. The molecule has 0 aromatic heterocycles. The van der Waals surface area contributed by atoms with Crippen LogP contribution in [-0.4, -0.2) is 43.3 Å². The number of rotatable bonds is 9. The SMILES string of the molecule is Cc1ccccc1CN(C(=O)CN(c1ccc(Br)cc1)S(=O)(=O)c1ccccc1)[C@H](C)C(=O)NC(C)(C)C.